The molecular formula is C16H15N5O3S. The SMILES string of the molecule is CSc1ccc([N+](=O)[O-])c(C(=O)NCCc2nnc3ccccn23)c1. The van der Waals surface area contributed by atoms with Crippen molar-refractivity contribution in [1.82, 2.24) is 19.9 Å². The Kier molecular flexibility index (Phi) is 4.94. The van der Waals surface area contributed by atoms with E-state index in [2.05, 4.69) is 15.5 Å². The molecule has 8 nitrogen and oxygen atoms in total. The largest absolute Gasteiger partial charge is 0.351 e. The van der Waals surface area contributed by atoms with E-state index >= 15 is 0 Å². The minimum atomic E-state index is -0.551. The third kappa shape index (κ3) is 3.61. The number of nitrogens with zero attached hydrogens (tertiary/aromatic N) is 4. The molecule has 0 fully saturated rings. The summed E-state index contributed by atoms with van der Waals surface area (Å²) >= 11 is 1.42. The van der Waals surface area contributed by atoms with Gasteiger partial charge in [-0.3, -0.25) is 19.3 Å². The lowest BCUT2D eigenvalue weighted by Gasteiger charge is -2.07. The predicted molar refractivity (Wildman–Crippen MR) is 93.9 cm³/mol. The zero-order valence-electron chi connectivity index (χ0n) is 13.4. The van der Waals surface area contributed by atoms with Gasteiger partial charge >= 0.3 is 0 Å². The molecular weight excluding hydrogens is 342 g/mol. The first kappa shape index (κ1) is 16.9. The lowest BCUT2D eigenvalue weighted by Crippen LogP contribution is -2.27. The second kappa shape index (κ2) is 7.31. The maximum atomic E-state index is 12.4. The molecule has 0 spiro atoms. The third-order valence-electron chi connectivity index (χ3n) is 3.66. The van der Waals surface area contributed by atoms with Crippen LogP contribution in [0.4, 0.5) is 5.69 Å². The first-order valence-corrected chi connectivity index (χ1v) is 8.72. The van der Waals surface area contributed by atoms with Crippen molar-refractivity contribution in [3.8, 4) is 0 Å². The summed E-state index contributed by atoms with van der Waals surface area (Å²) in [5.74, 6) is 0.236. The first-order chi connectivity index (χ1) is 12.1. The first-order valence-electron chi connectivity index (χ1n) is 7.49. The summed E-state index contributed by atoms with van der Waals surface area (Å²) in [7, 11) is 0. The van der Waals surface area contributed by atoms with Crippen molar-refractivity contribution in [2.75, 3.05) is 12.8 Å². The number of hydrogen-bond donors (Lipinski definition) is 1. The number of thioether (sulfide) groups is 1. The van der Waals surface area contributed by atoms with Gasteiger partial charge in [0.1, 0.15) is 11.4 Å². The predicted octanol–water partition coefficient (Wildman–Crippen LogP) is 2.33. The van der Waals surface area contributed by atoms with Crippen molar-refractivity contribution < 1.29 is 9.72 Å². The number of amides is 1. The molecule has 0 atom stereocenters. The highest BCUT2D eigenvalue weighted by molar-refractivity contribution is 7.98. The highest BCUT2D eigenvalue weighted by Crippen LogP contribution is 2.24. The van der Waals surface area contributed by atoms with Gasteiger partial charge in [-0.2, -0.15) is 0 Å². The Morgan fingerprint density at radius 3 is 2.92 bits per heavy atom. The molecule has 0 unspecified atom stereocenters. The summed E-state index contributed by atoms with van der Waals surface area (Å²) in [5, 5.41) is 22.0. The van der Waals surface area contributed by atoms with Gasteiger partial charge in [0.15, 0.2) is 5.65 Å². The number of hydrogen-bond acceptors (Lipinski definition) is 6. The van der Waals surface area contributed by atoms with Crippen LogP contribution in [-0.2, 0) is 6.42 Å². The van der Waals surface area contributed by atoms with Gasteiger partial charge in [0.25, 0.3) is 11.6 Å². The van der Waals surface area contributed by atoms with Gasteiger partial charge in [-0.25, -0.2) is 0 Å². The average Bonchev–Trinajstić information content (AvgIpc) is 3.04. The maximum absolute atomic E-state index is 12.4. The lowest BCUT2D eigenvalue weighted by atomic mass is 10.1. The third-order valence-corrected chi connectivity index (χ3v) is 4.39. The van der Waals surface area contributed by atoms with Crippen molar-refractivity contribution >= 4 is 29.0 Å². The van der Waals surface area contributed by atoms with Crippen molar-refractivity contribution in [3.63, 3.8) is 0 Å². The van der Waals surface area contributed by atoms with Crippen LogP contribution in [0.5, 0.6) is 0 Å². The van der Waals surface area contributed by atoms with Crippen molar-refractivity contribution in [2.24, 2.45) is 0 Å². The van der Waals surface area contributed by atoms with Crippen LogP contribution >= 0.6 is 11.8 Å². The van der Waals surface area contributed by atoms with Gasteiger partial charge in [-0.1, -0.05) is 6.07 Å². The highest BCUT2D eigenvalue weighted by atomic mass is 32.2. The number of nitrogens with one attached hydrogen (secondary N) is 1. The number of aromatic nitrogens is 3. The molecule has 9 heteroatoms. The molecule has 3 aromatic rings. The molecule has 128 valence electrons. The summed E-state index contributed by atoms with van der Waals surface area (Å²) in [6, 6.07) is 10.1. The molecule has 25 heavy (non-hydrogen) atoms. The molecule has 0 aliphatic carbocycles. The van der Waals surface area contributed by atoms with E-state index in [-0.39, 0.29) is 11.3 Å². The normalized spacial score (nSPS) is 10.8. The molecule has 0 aliphatic heterocycles. The topological polar surface area (TPSA) is 102 Å². The van der Waals surface area contributed by atoms with Crippen LogP contribution in [0.25, 0.3) is 5.65 Å². The van der Waals surface area contributed by atoms with E-state index in [9.17, 15) is 14.9 Å². The van der Waals surface area contributed by atoms with Gasteiger partial charge < -0.3 is 5.32 Å². The zero-order valence-corrected chi connectivity index (χ0v) is 14.2. The Balaban J connectivity index is 1.71. The number of nitro groups is 1. The quantitative estimate of drug-likeness (QED) is 0.413. The van der Waals surface area contributed by atoms with Gasteiger partial charge in [-0.05, 0) is 30.5 Å². The van der Waals surface area contributed by atoms with E-state index < -0.39 is 10.8 Å². The van der Waals surface area contributed by atoms with Gasteiger partial charge in [0.05, 0.1) is 4.92 Å². The number of nitro benzene ring substituents is 1. The summed E-state index contributed by atoms with van der Waals surface area (Å²) in [6.45, 7) is 0.301. The Morgan fingerprint density at radius 2 is 2.16 bits per heavy atom. The highest BCUT2D eigenvalue weighted by Gasteiger charge is 2.20. The lowest BCUT2D eigenvalue weighted by molar-refractivity contribution is -0.385. The van der Waals surface area contributed by atoms with Gasteiger partial charge in [0.2, 0.25) is 0 Å². The summed E-state index contributed by atoms with van der Waals surface area (Å²) in [6.07, 6.45) is 4.16. The number of pyridine rings is 1. The Bertz CT molecular complexity index is 940. The fourth-order valence-corrected chi connectivity index (χ4v) is 2.87. The standard InChI is InChI=1S/C16H15N5O3S/c1-25-11-5-6-13(21(23)24)12(10-11)16(22)17-8-7-15-19-18-14-4-2-3-9-20(14)15/h2-6,9-10H,7-8H2,1H3,(H,17,22). The monoisotopic (exact) mass is 357 g/mol. The van der Waals surface area contributed by atoms with E-state index in [0.717, 1.165) is 10.5 Å². The minimum absolute atomic E-state index is 0.0583. The van der Waals surface area contributed by atoms with Crippen molar-refractivity contribution in [1.29, 1.82) is 0 Å². The number of carbonyl (C=O) groups excluding carboxylic acids is 1. The van der Waals surface area contributed by atoms with Crippen LogP contribution in [0, 0.1) is 10.1 Å². The summed E-state index contributed by atoms with van der Waals surface area (Å²) in [4.78, 5) is 23.7. The summed E-state index contributed by atoms with van der Waals surface area (Å²) < 4.78 is 1.84. The number of benzene rings is 1. The fraction of sp³-hybridized carbons (Fsp3) is 0.188. The molecule has 2 heterocycles. The van der Waals surface area contributed by atoms with E-state index in [1.165, 1.54) is 23.9 Å². The Labute approximate surface area is 147 Å². The van der Waals surface area contributed by atoms with Crippen molar-refractivity contribution in [3.05, 3.63) is 64.1 Å². The molecule has 0 saturated carbocycles. The maximum Gasteiger partial charge on any atom is 0.282 e. The minimum Gasteiger partial charge on any atom is -0.351 e. The van der Waals surface area contributed by atoms with E-state index in [4.69, 9.17) is 0 Å². The number of carbonyl (C=O) groups is 1. The fourth-order valence-electron chi connectivity index (χ4n) is 2.43. The van der Waals surface area contributed by atoms with E-state index in [0.29, 0.717) is 18.8 Å². The molecule has 0 saturated heterocycles. The van der Waals surface area contributed by atoms with Crippen LogP contribution in [0.1, 0.15) is 16.2 Å². The van der Waals surface area contributed by atoms with E-state index in [1.54, 1.807) is 6.07 Å². The van der Waals surface area contributed by atoms with Crippen LogP contribution in [0.2, 0.25) is 0 Å². The van der Waals surface area contributed by atoms with Crippen molar-refractivity contribution in [2.45, 2.75) is 11.3 Å². The Morgan fingerprint density at radius 1 is 1.32 bits per heavy atom. The second-order valence-corrected chi connectivity index (χ2v) is 6.07. The molecule has 3 rings (SSSR count). The van der Waals surface area contributed by atoms with Crippen LogP contribution < -0.4 is 5.32 Å². The molecule has 0 radical (unpaired) electrons. The average molecular weight is 357 g/mol. The number of fused-ring (bicyclic) bond motifs is 1. The molecule has 1 amide bonds. The molecule has 0 bridgehead atoms. The molecule has 2 aromatic heterocycles. The molecule has 1 aromatic carbocycles. The zero-order chi connectivity index (χ0) is 17.8. The van der Waals surface area contributed by atoms with Crippen LogP contribution in [-0.4, -0.2) is 38.2 Å². The Hall–Kier alpha value is -2.94. The van der Waals surface area contributed by atoms with E-state index in [1.807, 2.05) is 35.1 Å². The van der Waals surface area contributed by atoms with Crippen LogP contribution in [0.3, 0.4) is 0 Å². The molecule has 0 aliphatic rings. The summed E-state index contributed by atoms with van der Waals surface area (Å²) in [5.41, 5.74) is 0.582. The van der Waals surface area contributed by atoms with Crippen LogP contribution in [0.15, 0.2) is 47.5 Å². The van der Waals surface area contributed by atoms with Gasteiger partial charge in [0, 0.05) is 30.1 Å². The second-order valence-electron chi connectivity index (χ2n) is 5.19. The number of rotatable bonds is 6. The smallest absolute Gasteiger partial charge is 0.282 e. The molecule has 1 N–H and O–H groups in total. The van der Waals surface area contributed by atoms with Gasteiger partial charge in [-0.15, -0.1) is 22.0 Å².